The standard InChI is InChI=1S/C19H17N3O3S/c1-24-15-9-8-12(10-16(15)25-2)17-21-18(23)14(11-20)19(26)22(17)13-6-4-3-5-7-13/h3-10,17,26H,1-2H3,(H,21,23)/t17-/m1/s1. The summed E-state index contributed by atoms with van der Waals surface area (Å²) in [6.45, 7) is 0. The average molecular weight is 367 g/mol. The number of nitrogens with one attached hydrogen (secondary N) is 1. The number of thiol groups is 1. The molecule has 6 nitrogen and oxygen atoms in total. The van der Waals surface area contributed by atoms with Crippen LogP contribution in [0.5, 0.6) is 11.5 Å². The SMILES string of the molecule is COc1ccc([C@@H]2NC(=O)C(C#N)=C(S)N2c2ccccc2)cc1OC. The van der Waals surface area contributed by atoms with Crippen molar-refractivity contribution in [3.8, 4) is 17.6 Å². The molecule has 0 fully saturated rings. The maximum absolute atomic E-state index is 12.4. The van der Waals surface area contributed by atoms with Gasteiger partial charge in [-0.15, -0.1) is 12.6 Å². The van der Waals surface area contributed by atoms with Crippen molar-refractivity contribution >= 4 is 24.2 Å². The lowest BCUT2D eigenvalue weighted by atomic mass is 10.1. The summed E-state index contributed by atoms with van der Waals surface area (Å²) in [6, 6.07) is 16.7. The van der Waals surface area contributed by atoms with Gasteiger partial charge in [0.05, 0.1) is 19.2 Å². The summed E-state index contributed by atoms with van der Waals surface area (Å²) in [6.07, 6.45) is -0.547. The minimum absolute atomic E-state index is 0.0334. The Morgan fingerprint density at radius 3 is 2.42 bits per heavy atom. The van der Waals surface area contributed by atoms with Gasteiger partial charge in [-0.25, -0.2) is 0 Å². The van der Waals surface area contributed by atoms with Crippen LogP contribution in [-0.4, -0.2) is 20.1 Å². The predicted molar refractivity (Wildman–Crippen MR) is 101 cm³/mol. The van der Waals surface area contributed by atoms with Gasteiger partial charge < -0.3 is 19.7 Å². The molecule has 1 atom stereocenters. The summed E-state index contributed by atoms with van der Waals surface area (Å²) in [7, 11) is 3.11. The molecule has 1 aliphatic heterocycles. The lowest BCUT2D eigenvalue weighted by Crippen LogP contribution is -2.46. The summed E-state index contributed by atoms with van der Waals surface area (Å²) in [5.74, 6) is 0.663. The van der Waals surface area contributed by atoms with Gasteiger partial charge in [0, 0.05) is 5.69 Å². The highest BCUT2D eigenvalue weighted by Crippen LogP contribution is 2.38. The highest BCUT2D eigenvalue weighted by atomic mass is 32.1. The van der Waals surface area contributed by atoms with Gasteiger partial charge in [0.2, 0.25) is 0 Å². The predicted octanol–water partition coefficient (Wildman–Crippen LogP) is 3.00. The van der Waals surface area contributed by atoms with Gasteiger partial charge in [-0.05, 0) is 29.8 Å². The molecule has 1 heterocycles. The quantitative estimate of drug-likeness (QED) is 0.813. The highest BCUT2D eigenvalue weighted by molar-refractivity contribution is 7.84. The summed E-state index contributed by atoms with van der Waals surface area (Å²) < 4.78 is 10.6. The second-order valence-electron chi connectivity index (χ2n) is 5.51. The van der Waals surface area contributed by atoms with Crippen molar-refractivity contribution < 1.29 is 14.3 Å². The first-order valence-corrected chi connectivity index (χ1v) is 8.25. The molecule has 0 bridgehead atoms. The van der Waals surface area contributed by atoms with Crippen LogP contribution in [0.15, 0.2) is 59.1 Å². The number of para-hydroxylation sites is 1. The first-order valence-electron chi connectivity index (χ1n) is 7.81. The van der Waals surface area contributed by atoms with Gasteiger partial charge in [0.25, 0.3) is 5.91 Å². The Balaban J connectivity index is 2.15. The van der Waals surface area contributed by atoms with Gasteiger partial charge in [-0.3, -0.25) is 4.79 Å². The summed E-state index contributed by atoms with van der Waals surface area (Å²) >= 11 is 4.47. The van der Waals surface area contributed by atoms with Crippen molar-refractivity contribution in [1.82, 2.24) is 5.32 Å². The third kappa shape index (κ3) is 3.07. The number of carbonyl (C=O) groups is 1. The van der Waals surface area contributed by atoms with Gasteiger partial charge in [-0.1, -0.05) is 24.3 Å². The molecule has 3 rings (SSSR count). The largest absolute Gasteiger partial charge is 0.493 e. The lowest BCUT2D eigenvalue weighted by Gasteiger charge is -2.38. The van der Waals surface area contributed by atoms with Crippen molar-refractivity contribution in [3.05, 3.63) is 64.7 Å². The van der Waals surface area contributed by atoms with Crippen molar-refractivity contribution in [1.29, 1.82) is 5.26 Å². The van der Waals surface area contributed by atoms with Crippen LogP contribution in [0.4, 0.5) is 5.69 Å². The van der Waals surface area contributed by atoms with Crippen LogP contribution in [0.1, 0.15) is 11.7 Å². The number of amides is 1. The van der Waals surface area contributed by atoms with E-state index in [0.29, 0.717) is 16.5 Å². The van der Waals surface area contributed by atoms with Crippen LogP contribution in [0.2, 0.25) is 0 Å². The molecule has 0 aliphatic carbocycles. The van der Waals surface area contributed by atoms with E-state index >= 15 is 0 Å². The first kappa shape index (κ1) is 17.7. The minimum atomic E-state index is -0.547. The number of hydrogen-bond donors (Lipinski definition) is 2. The van der Waals surface area contributed by atoms with Crippen molar-refractivity contribution in [2.24, 2.45) is 0 Å². The maximum Gasteiger partial charge on any atom is 0.266 e. The Labute approximate surface area is 157 Å². The number of methoxy groups -OCH3 is 2. The molecule has 0 radical (unpaired) electrons. The summed E-state index contributed by atoms with van der Waals surface area (Å²) in [4.78, 5) is 14.1. The van der Waals surface area contributed by atoms with E-state index in [-0.39, 0.29) is 5.57 Å². The molecule has 0 saturated heterocycles. The second-order valence-corrected chi connectivity index (χ2v) is 5.93. The maximum atomic E-state index is 12.4. The van der Waals surface area contributed by atoms with E-state index in [1.807, 2.05) is 42.5 Å². The van der Waals surface area contributed by atoms with Crippen LogP contribution in [0.25, 0.3) is 0 Å². The van der Waals surface area contributed by atoms with E-state index < -0.39 is 12.1 Å². The second kappa shape index (κ2) is 7.42. The van der Waals surface area contributed by atoms with Crippen LogP contribution in [0.3, 0.4) is 0 Å². The number of carbonyl (C=O) groups excluding carboxylic acids is 1. The van der Waals surface area contributed by atoms with E-state index in [9.17, 15) is 10.1 Å². The molecule has 1 amide bonds. The van der Waals surface area contributed by atoms with Crippen molar-refractivity contribution in [2.75, 3.05) is 19.1 Å². The molecular weight excluding hydrogens is 350 g/mol. The number of nitrogens with zero attached hydrogens (tertiary/aromatic N) is 2. The smallest absolute Gasteiger partial charge is 0.266 e. The van der Waals surface area contributed by atoms with Crippen LogP contribution < -0.4 is 19.7 Å². The van der Waals surface area contributed by atoms with E-state index in [2.05, 4.69) is 17.9 Å². The zero-order valence-electron chi connectivity index (χ0n) is 14.3. The Morgan fingerprint density at radius 2 is 1.81 bits per heavy atom. The normalized spacial score (nSPS) is 16.8. The van der Waals surface area contributed by atoms with Crippen LogP contribution in [0, 0.1) is 11.3 Å². The van der Waals surface area contributed by atoms with E-state index in [0.717, 1.165) is 11.3 Å². The minimum Gasteiger partial charge on any atom is -0.493 e. The molecule has 0 aromatic heterocycles. The number of rotatable bonds is 4. The average Bonchev–Trinajstić information content (AvgIpc) is 2.68. The molecule has 2 aromatic carbocycles. The van der Waals surface area contributed by atoms with Crippen LogP contribution in [-0.2, 0) is 4.79 Å². The van der Waals surface area contributed by atoms with E-state index in [1.165, 1.54) is 0 Å². The topological polar surface area (TPSA) is 74.6 Å². The number of nitriles is 1. The fraction of sp³-hybridized carbons (Fsp3) is 0.158. The number of hydrogen-bond acceptors (Lipinski definition) is 6. The summed E-state index contributed by atoms with van der Waals surface area (Å²) in [5, 5.41) is 12.5. The monoisotopic (exact) mass is 367 g/mol. The van der Waals surface area contributed by atoms with E-state index in [4.69, 9.17) is 9.47 Å². The molecule has 7 heteroatoms. The molecule has 1 N–H and O–H groups in total. The zero-order chi connectivity index (χ0) is 18.7. The first-order chi connectivity index (χ1) is 12.6. The van der Waals surface area contributed by atoms with Gasteiger partial charge in [0.1, 0.15) is 17.8 Å². The Morgan fingerprint density at radius 1 is 1.12 bits per heavy atom. The Bertz CT molecular complexity index is 906. The van der Waals surface area contributed by atoms with Crippen molar-refractivity contribution in [3.63, 3.8) is 0 Å². The molecule has 1 aliphatic rings. The molecule has 0 saturated carbocycles. The Hall–Kier alpha value is -3.11. The number of anilines is 1. The third-order valence-corrected chi connectivity index (χ3v) is 4.51. The van der Waals surface area contributed by atoms with Crippen LogP contribution >= 0.6 is 12.6 Å². The molecule has 26 heavy (non-hydrogen) atoms. The van der Waals surface area contributed by atoms with Crippen molar-refractivity contribution in [2.45, 2.75) is 6.17 Å². The highest BCUT2D eigenvalue weighted by Gasteiger charge is 2.34. The lowest BCUT2D eigenvalue weighted by molar-refractivity contribution is -0.118. The Kier molecular flexibility index (Phi) is 5.05. The van der Waals surface area contributed by atoms with E-state index in [1.54, 1.807) is 31.3 Å². The van der Waals surface area contributed by atoms with Gasteiger partial charge in [0.15, 0.2) is 11.5 Å². The fourth-order valence-corrected chi connectivity index (χ4v) is 3.20. The molecule has 0 unspecified atom stereocenters. The molecular formula is C19H17N3O3S. The van der Waals surface area contributed by atoms with Gasteiger partial charge in [-0.2, -0.15) is 5.26 Å². The molecule has 2 aromatic rings. The zero-order valence-corrected chi connectivity index (χ0v) is 15.2. The number of benzene rings is 2. The number of ether oxygens (including phenoxy) is 2. The van der Waals surface area contributed by atoms with Gasteiger partial charge >= 0.3 is 0 Å². The third-order valence-electron chi connectivity index (χ3n) is 4.07. The molecule has 132 valence electrons. The fourth-order valence-electron chi connectivity index (χ4n) is 2.82. The molecule has 0 spiro atoms. The summed E-state index contributed by atoms with van der Waals surface area (Å²) in [5.41, 5.74) is 1.53.